The number of nitrogens with zero attached hydrogens (tertiary/aromatic N) is 4. The molecule has 0 aromatic heterocycles. The van der Waals surface area contributed by atoms with Crippen LogP contribution in [0.2, 0.25) is 0 Å². The van der Waals surface area contributed by atoms with Crippen LogP contribution in [0.15, 0.2) is 0 Å². The Morgan fingerprint density at radius 2 is 0.818 bits per heavy atom. The Balaban J connectivity index is 2.51. The molecule has 0 aromatic rings. The van der Waals surface area contributed by atoms with Crippen LogP contribution in [-0.2, 0) is 28.8 Å². The van der Waals surface area contributed by atoms with Gasteiger partial charge in [0, 0.05) is 78.3 Å². The summed E-state index contributed by atoms with van der Waals surface area (Å²) in [5.74, 6) is -3.03. The Morgan fingerprint density at radius 1 is 0.477 bits per heavy atom. The third-order valence-corrected chi connectivity index (χ3v) is 7.30. The summed E-state index contributed by atoms with van der Waals surface area (Å²) in [6, 6.07) is 0. The van der Waals surface area contributed by atoms with Gasteiger partial charge in [-0.25, -0.2) is 0 Å². The van der Waals surface area contributed by atoms with E-state index in [4.69, 9.17) is 0 Å². The fraction of sp³-hybridized carbons (Fsp3) is 0.793. The molecule has 0 bridgehead atoms. The summed E-state index contributed by atoms with van der Waals surface area (Å²) in [4.78, 5) is 76.7. The quantitative estimate of drug-likeness (QED) is 0.107. The predicted octanol–water partition coefficient (Wildman–Crippen LogP) is -0.596. The molecule has 0 unspecified atom stereocenters. The molecule has 1 heterocycles. The normalized spacial score (nSPS) is 16.4. The summed E-state index contributed by atoms with van der Waals surface area (Å²) in [6.45, 7) is 4.76. The van der Waals surface area contributed by atoms with Crippen molar-refractivity contribution in [3.8, 4) is 0 Å². The molecule has 0 radical (unpaired) electrons. The van der Waals surface area contributed by atoms with Crippen LogP contribution >= 0.6 is 0 Å². The lowest BCUT2D eigenvalue weighted by Crippen LogP contribution is -2.49. The lowest BCUT2D eigenvalue weighted by molar-refractivity contribution is -0.140. The first-order valence-corrected chi connectivity index (χ1v) is 15.5. The van der Waals surface area contributed by atoms with Gasteiger partial charge >= 0.3 is 17.9 Å². The summed E-state index contributed by atoms with van der Waals surface area (Å²) in [5, 5.41) is 33.7. The van der Waals surface area contributed by atoms with Crippen LogP contribution in [0, 0.1) is 0 Å². The number of ketones is 1. The SMILES string of the molecule is CC(=O)CCCCCNC(=O)CCCCCNC(=O)CN1CCN(CC(=O)O)CCN(CC(=O)O)CCN(CC(=O)O)CC1. The zero-order valence-electron chi connectivity index (χ0n) is 26.1. The number of hydrogen-bond donors (Lipinski definition) is 5. The Bertz CT molecular complexity index is 888. The summed E-state index contributed by atoms with van der Waals surface area (Å²) >= 11 is 0. The standard InChI is InChI=1S/C29H52N6O9/c1-24(36)8-4-2-6-10-30-25(37)9-5-3-7-11-31-26(38)20-32-12-14-33(21-27(39)40)16-18-35(23-29(43)44)19-17-34(15-13-32)22-28(41)42/h2-23H2,1H3,(H,30,37)(H,31,38)(H,39,40)(H,41,42)(H,43,44). The average molecular weight is 629 g/mol. The smallest absolute Gasteiger partial charge is 0.317 e. The number of Topliss-reactive ketones (excluding diaryl/α,β-unsaturated/α-hetero) is 1. The molecule has 5 N–H and O–H groups in total. The Kier molecular flexibility index (Phi) is 20.6. The van der Waals surface area contributed by atoms with Crippen molar-refractivity contribution >= 4 is 35.5 Å². The molecule has 1 aliphatic rings. The molecule has 0 aliphatic carbocycles. The van der Waals surface area contributed by atoms with Gasteiger partial charge in [-0.2, -0.15) is 0 Å². The van der Waals surface area contributed by atoms with E-state index in [0.29, 0.717) is 84.7 Å². The molecule has 15 nitrogen and oxygen atoms in total. The van der Waals surface area contributed by atoms with Crippen LogP contribution in [0.1, 0.15) is 58.3 Å². The maximum Gasteiger partial charge on any atom is 0.317 e. The number of amides is 2. The number of nitrogens with one attached hydrogen (secondary N) is 2. The summed E-state index contributed by atoms with van der Waals surface area (Å²) in [6.07, 6.45) is 5.81. The highest BCUT2D eigenvalue weighted by molar-refractivity contribution is 5.78. The van der Waals surface area contributed by atoms with E-state index in [-0.39, 0.29) is 43.8 Å². The third-order valence-electron chi connectivity index (χ3n) is 7.30. The predicted molar refractivity (Wildman–Crippen MR) is 162 cm³/mol. The fourth-order valence-corrected chi connectivity index (χ4v) is 4.85. The fourth-order valence-electron chi connectivity index (χ4n) is 4.85. The zero-order chi connectivity index (χ0) is 32.7. The second-order valence-electron chi connectivity index (χ2n) is 11.3. The van der Waals surface area contributed by atoms with Crippen LogP contribution in [-0.4, -0.2) is 162 Å². The highest BCUT2D eigenvalue weighted by atomic mass is 16.4. The van der Waals surface area contributed by atoms with Gasteiger partial charge in [-0.3, -0.25) is 43.6 Å². The van der Waals surface area contributed by atoms with Crippen LogP contribution in [0.3, 0.4) is 0 Å². The van der Waals surface area contributed by atoms with Gasteiger partial charge in [0.05, 0.1) is 26.2 Å². The van der Waals surface area contributed by atoms with E-state index < -0.39 is 17.9 Å². The molecular weight excluding hydrogens is 576 g/mol. The van der Waals surface area contributed by atoms with Gasteiger partial charge in [0.1, 0.15) is 5.78 Å². The van der Waals surface area contributed by atoms with Crippen molar-refractivity contribution in [2.24, 2.45) is 0 Å². The molecular formula is C29H52N6O9. The monoisotopic (exact) mass is 628 g/mol. The number of unbranched alkanes of at least 4 members (excludes halogenated alkanes) is 4. The van der Waals surface area contributed by atoms with Crippen LogP contribution in [0.5, 0.6) is 0 Å². The van der Waals surface area contributed by atoms with Crippen molar-refractivity contribution in [1.82, 2.24) is 30.2 Å². The van der Waals surface area contributed by atoms with Crippen LogP contribution in [0.4, 0.5) is 0 Å². The van der Waals surface area contributed by atoms with Gasteiger partial charge < -0.3 is 30.7 Å². The largest absolute Gasteiger partial charge is 0.480 e. The molecule has 252 valence electrons. The zero-order valence-corrected chi connectivity index (χ0v) is 26.1. The van der Waals surface area contributed by atoms with E-state index in [0.717, 1.165) is 32.1 Å². The summed E-state index contributed by atoms with van der Waals surface area (Å²) < 4.78 is 0. The number of carbonyl (C=O) groups excluding carboxylic acids is 3. The Labute approximate surface area is 259 Å². The molecule has 1 rings (SSSR count). The van der Waals surface area contributed by atoms with E-state index >= 15 is 0 Å². The van der Waals surface area contributed by atoms with E-state index in [9.17, 15) is 44.1 Å². The first kappa shape index (κ1) is 38.9. The summed E-state index contributed by atoms with van der Waals surface area (Å²) in [7, 11) is 0. The minimum absolute atomic E-state index is 0.000570. The number of rotatable bonds is 20. The summed E-state index contributed by atoms with van der Waals surface area (Å²) in [5.41, 5.74) is 0. The van der Waals surface area contributed by atoms with Crippen molar-refractivity contribution in [1.29, 1.82) is 0 Å². The van der Waals surface area contributed by atoms with E-state index in [2.05, 4.69) is 10.6 Å². The lowest BCUT2D eigenvalue weighted by atomic mass is 10.1. The molecule has 0 aromatic carbocycles. The van der Waals surface area contributed by atoms with Crippen molar-refractivity contribution < 1.29 is 44.1 Å². The molecule has 0 saturated carbocycles. The highest BCUT2D eigenvalue weighted by Gasteiger charge is 2.21. The number of carboxylic acid groups (broad SMARTS) is 3. The second-order valence-corrected chi connectivity index (χ2v) is 11.3. The van der Waals surface area contributed by atoms with Crippen molar-refractivity contribution in [2.75, 3.05) is 91.6 Å². The topological polar surface area (TPSA) is 200 Å². The lowest BCUT2D eigenvalue weighted by Gasteiger charge is -2.32. The van der Waals surface area contributed by atoms with E-state index in [1.807, 2.05) is 4.90 Å². The molecule has 2 amide bonds. The van der Waals surface area contributed by atoms with E-state index in [1.165, 1.54) is 0 Å². The van der Waals surface area contributed by atoms with Gasteiger partial charge in [-0.1, -0.05) is 12.8 Å². The Morgan fingerprint density at radius 3 is 1.18 bits per heavy atom. The number of hydrogen-bond acceptors (Lipinski definition) is 10. The average Bonchev–Trinajstić information content (AvgIpc) is 2.92. The first-order valence-electron chi connectivity index (χ1n) is 15.5. The number of carbonyl (C=O) groups is 6. The molecule has 1 aliphatic heterocycles. The van der Waals surface area contributed by atoms with Gasteiger partial charge in [-0.15, -0.1) is 0 Å². The molecule has 0 atom stereocenters. The maximum absolute atomic E-state index is 12.7. The number of aliphatic carboxylic acids is 3. The van der Waals surface area contributed by atoms with Crippen LogP contribution < -0.4 is 10.6 Å². The molecule has 0 spiro atoms. The molecule has 1 saturated heterocycles. The van der Waals surface area contributed by atoms with Crippen molar-refractivity contribution in [3.05, 3.63) is 0 Å². The van der Waals surface area contributed by atoms with E-state index in [1.54, 1.807) is 21.6 Å². The van der Waals surface area contributed by atoms with Gasteiger partial charge in [0.15, 0.2) is 0 Å². The minimum atomic E-state index is -1.01. The highest BCUT2D eigenvalue weighted by Crippen LogP contribution is 2.03. The van der Waals surface area contributed by atoms with Gasteiger partial charge in [0.2, 0.25) is 11.8 Å². The molecule has 15 heteroatoms. The minimum Gasteiger partial charge on any atom is -0.480 e. The van der Waals surface area contributed by atoms with Gasteiger partial charge in [-0.05, 0) is 32.6 Å². The first-order chi connectivity index (χ1) is 20.9. The molecule has 44 heavy (non-hydrogen) atoms. The Hall–Kier alpha value is -3.14. The van der Waals surface area contributed by atoms with Crippen molar-refractivity contribution in [2.45, 2.75) is 58.3 Å². The van der Waals surface area contributed by atoms with Crippen molar-refractivity contribution in [3.63, 3.8) is 0 Å². The second kappa shape index (κ2) is 23.3. The third kappa shape index (κ3) is 21.5. The molecule has 1 fully saturated rings. The van der Waals surface area contributed by atoms with Crippen LogP contribution in [0.25, 0.3) is 0 Å². The van der Waals surface area contributed by atoms with Gasteiger partial charge in [0.25, 0.3) is 0 Å². The number of carboxylic acids is 3. The maximum atomic E-state index is 12.7.